The Morgan fingerprint density at radius 3 is 2.85 bits per heavy atom. The molecule has 0 aliphatic carbocycles. The highest BCUT2D eigenvalue weighted by molar-refractivity contribution is 7.13. The second-order valence-electron chi connectivity index (χ2n) is 4.44. The van der Waals surface area contributed by atoms with E-state index in [2.05, 4.69) is 10.6 Å². The SMILES string of the molecule is CCC(CO)NC(=O)Nc1cccc(-c2cccs2)c1. The summed E-state index contributed by atoms with van der Waals surface area (Å²) in [6.45, 7) is 1.86. The minimum atomic E-state index is -0.297. The van der Waals surface area contributed by atoms with Gasteiger partial charge in [-0.25, -0.2) is 4.79 Å². The fourth-order valence-corrected chi connectivity index (χ4v) is 2.55. The van der Waals surface area contributed by atoms with E-state index >= 15 is 0 Å². The van der Waals surface area contributed by atoms with Crippen LogP contribution in [0.5, 0.6) is 0 Å². The first-order valence-electron chi connectivity index (χ1n) is 6.55. The normalized spacial score (nSPS) is 11.9. The summed E-state index contributed by atoms with van der Waals surface area (Å²) in [5.41, 5.74) is 1.81. The van der Waals surface area contributed by atoms with Crippen molar-refractivity contribution in [3.8, 4) is 10.4 Å². The Labute approximate surface area is 122 Å². The van der Waals surface area contributed by atoms with E-state index in [1.807, 2.05) is 48.7 Å². The lowest BCUT2D eigenvalue weighted by atomic mass is 10.1. The molecule has 2 rings (SSSR count). The zero-order valence-corrected chi connectivity index (χ0v) is 12.1. The van der Waals surface area contributed by atoms with Gasteiger partial charge in [0.15, 0.2) is 0 Å². The summed E-state index contributed by atoms with van der Waals surface area (Å²) in [6.07, 6.45) is 0.694. The van der Waals surface area contributed by atoms with Gasteiger partial charge < -0.3 is 15.7 Å². The fourth-order valence-electron chi connectivity index (χ4n) is 1.82. The highest BCUT2D eigenvalue weighted by Crippen LogP contribution is 2.26. The lowest BCUT2D eigenvalue weighted by Gasteiger charge is -2.15. The molecule has 2 amide bonds. The third kappa shape index (κ3) is 3.82. The maximum absolute atomic E-state index is 11.8. The van der Waals surface area contributed by atoms with Gasteiger partial charge in [0.25, 0.3) is 0 Å². The van der Waals surface area contributed by atoms with Crippen molar-refractivity contribution in [2.75, 3.05) is 11.9 Å². The molecule has 0 radical (unpaired) electrons. The number of benzene rings is 1. The van der Waals surface area contributed by atoms with Crippen LogP contribution in [0.4, 0.5) is 10.5 Å². The second-order valence-corrected chi connectivity index (χ2v) is 5.39. The number of hydrogen-bond donors (Lipinski definition) is 3. The van der Waals surface area contributed by atoms with Crippen LogP contribution in [0.2, 0.25) is 0 Å². The van der Waals surface area contributed by atoms with Crippen molar-refractivity contribution in [3.05, 3.63) is 41.8 Å². The lowest BCUT2D eigenvalue weighted by molar-refractivity contribution is 0.222. The highest BCUT2D eigenvalue weighted by atomic mass is 32.1. The molecule has 1 aromatic carbocycles. The molecular weight excluding hydrogens is 272 g/mol. The van der Waals surface area contributed by atoms with Crippen molar-refractivity contribution in [2.24, 2.45) is 0 Å². The van der Waals surface area contributed by atoms with Gasteiger partial charge in [-0.15, -0.1) is 11.3 Å². The van der Waals surface area contributed by atoms with Crippen molar-refractivity contribution in [3.63, 3.8) is 0 Å². The number of hydrogen-bond acceptors (Lipinski definition) is 3. The number of aliphatic hydroxyl groups is 1. The van der Waals surface area contributed by atoms with E-state index < -0.39 is 0 Å². The molecule has 4 nitrogen and oxygen atoms in total. The molecule has 5 heteroatoms. The van der Waals surface area contributed by atoms with Crippen LogP contribution in [0.15, 0.2) is 41.8 Å². The minimum Gasteiger partial charge on any atom is -0.394 e. The first kappa shape index (κ1) is 14.6. The van der Waals surface area contributed by atoms with E-state index in [1.165, 1.54) is 0 Å². The largest absolute Gasteiger partial charge is 0.394 e. The molecular formula is C15H18N2O2S. The van der Waals surface area contributed by atoms with Crippen molar-refractivity contribution in [2.45, 2.75) is 19.4 Å². The quantitative estimate of drug-likeness (QED) is 0.791. The predicted octanol–water partition coefficient (Wildman–Crippen LogP) is 3.31. The topological polar surface area (TPSA) is 61.4 Å². The molecule has 1 unspecified atom stereocenters. The number of carbonyl (C=O) groups is 1. The van der Waals surface area contributed by atoms with Crippen LogP contribution in [0.1, 0.15) is 13.3 Å². The first-order valence-corrected chi connectivity index (χ1v) is 7.43. The minimum absolute atomic E-state index is 0.0564. The number of urea groups is 1. The average Bonchev–Trinajstić information content (AvgIpc) is 2.99. The van der Waals surface area contributed by atoms with Gasteiger partial charge in [0.2, 0.25) is 0 Å². The first-order chi connectivity index (χ1) is 9.72. The molecule has 0 saturated carbocycles. The van der Waals surface area contributed by atoms with Gasteiger partial charge in [-0.1, -0.05) is 25.1 Å². The molecule has 2 aromatic rings. The predicted molar refractivity (Wildman–Crippen MR) is 83.1 cm³/mol. The number of nitrogens with one attached hydrogen (secondary N) is 2. The molecule has 0 spiro atoms. The van der Waals surface area contributed by atoms with E-state index in [-0.39, 0.29) is 18.7 Å². The molecule has 0 aliphatic heterocycles. The number of aliphatic hydroxyl groups excluding tert-OH is 1. The fraction of sp³-hybridized carbons (Fsp3) is 0.267. The van der Waals surface area contributed by atoms with Crippen molar-refractivity contribution < 1.29 is 9.90 Å². The molecule has 106 valence electrons. The van der Waals surface area contributed by atoms with Crippen LogP contribution in [0, 0.1) is 0 Å². The van der Waals surface area contributed by atoms with E-state index in [0.29, 0.717) is 6.42 Å². The Kier molecular flexibility index (Phi) is 5.15. The van der Waals surface area contributed by atoms with Crippen molar-refractivity contribution >= 4 is 23.1 Å². The molecule has 3 N–H and O–H groups in total. The molecule has 0 saturated heterocycles. The highest BCUT2D eigenvalue weighted by Gasteiger charge is 2.09. The molecule has 0 aliphatic rings. The Morgan fingerprint density at radius 1 is 1.35 bits per heavy atom. The zero-order chi connectivity index (χ0) is 14.4. The van der Waals surface area contributed by atoms with Crippen molar-refractivity contribution in [1.82, 2.24) is 5.32 Å². The molecule has 0 fully saturated rings. The lowest BCUT2D eigenvalue weighted by Crippen LogP contribution is -2.39. The summed E-state index contributed by atoms with van der Waals surface area (Å²) in [5, 5.41) is 16.6. The van der Waals surface area contributed by atoms with Gasteiger partial charge in [-0.3, -0.25) is 0 Å². The van der Waals surface area contributed by atoms with Crippen LogP contribution in [-0.2, 0) is 0 Å². The van der Waals surface area contributed by atoms with Gasteiger partial charge in [0, 0.05) is 10.6 Å². The van der Waals surface area contributed by atoms with Gasteiger partial charge in [-0.2, -0.15) is 0 Å². The number of rotatable bonds is 5. The standard InChI is InChI=1S/C15H18N2O2S/c1-2-12(10-18)16-15(19)17-13-6-3-5-11(9-13)14-7-4-8-20-14/h3-9,12,18H,2,10H2,1H3,(H2,16,17,19). The zero-order valence-electron chi connectivity index (χ0n) is 11.3. The average molecular weight is 290 g/mol. The monoisotopic (exact) mass is 290 g/mol. The Bertz CT molecular complexity index is 551. The third-order valence-electron chi connectivity index (χ3n) is 2.97. The third-order valence-corrected chi connectivity index (χ3v) is 3.89. The summed E-state index contributed by atoms with van der Waals surface area (Å²) in [7, 11) is 0. The van der Waals surface area contributed by atoms with Gasteiger partial charge >= 0.3 is 6.03 Å². The Morgan fingerprint density at radius 2 is 2.20 bits per heavy atom. The maximum Gasteiger partial charge on any atom is 0.319 e. The smallest absolute Gasteiger partial charge is 0.319 e. The number of carbonyl (C=O) groups excluding carboxylic acids is 1. The van der Waals surface area contributed by atoms with Crippen LogP contribution in [0.3, 0.4) is 0 Å². The number of thiophene rings is 1. The summed E-state index contributed by atoms with van der Waals surface area (Å²) >= 11 is 1.66. The van der Waals surface area contributed by atoms with E-state index in [4.69, 9.17) is 5.11 Å². The molecule has 1 atom stereocenters. The molecule has 20 heavy (non-hydrogen) atoms. The summed E-state index contributed by atoms with van der Waals surface area (Å²) < 4.78 is 0. The maximum atomic E-state index is 11.8. The summed E-state index contributed by atoms with van der Waals surface area (Å²) in [5.74, 6) is 0. The second kappa shape index (κ2) is 7.07. The van der Waals surface area contributed by atoms with Gasteiger partial charge in [-0.05, 0) is 35.6 Å². The molecule has 1 heterocycles. The van der Waals surface area contributed by atoms with Crippen LogP contribution >= 0.6 is 11.3 Å². The summed E-state index contributed by atoms with van der Waals surface area (Å²) in [4.78, 5) is 13.0. The van der Waals surface area contributed by atoms with Crippen LogP contribution in [-0.4, -0.2) is 23.8 Å². The molecule has 0 bridgehead atoms. The Balaban J connectivity index is 2.03. The van der Waals surface area contributed by atoms with Crippen LogP contribution in [0.25, 0.3) is 10.4 Å². The van der Waals surface area contributed by atoms with E-state index in [1.54, 1.807) is 11.3 Å². The van der Waals surface area contributed by atoms with E-state index in [9.17, 15) is 4.79 Å². The Hall–Kier alpha value is -1.85. The molecule has 1 aromatic heterocycles. The van der Waals surface area contributed by atoms with E-state index in [0.717, 1.165) is 16.1 Å². The number of amides is 2. The summed E-state index contributed by atoms with van der Waals surface area (Å²) in [6, 6.07) is 11.2. The number of anilines is 1. The van der Waals surface area contributed by atoms with Gasteiger partial charge in [0.1, 0.15) is 0 Å². The van der Waals surface area contributed by atoms with Crippen LogP contribution < -0.4 is 10.6 Å². The van der Waals surface area contributed by atoms with Crippen molar-refractivity contribution in [1.29, 1.82) is 0 Å². The van der Waals surface area contributed by atoms with Gasteiger partial charge in [0.05, 0.1) is 12.6 Å².